The number of fused-ring (bicyclic) bond motifs is 5. The van der Waals surface area contributed by atoms with Crippen LogP contribution < -0.4 is 0 Å². The standard InChI is InChI=1S/C20H22N2/c1-4-5-14-19-16-12-9-13-17(16)20(22-21-19,18(19,2)3)15-10-7-6-8-11-15/h1,5-8,10-11,14,16-17H,9,12-13H2,2-3H3/b14-5-/t16-,17+,19-,20+/m1/s1. The molecule has 1 heterocycles. The molecule has 1 aromatic rings. The maximum Gasteiger partial charge on any atom is 0.117 e. The Morgan fingerprint density at radius 3 is 2.59 bits per heavy atom. The van der Waals surface area contributed by atoms with Crippen molar-refractivity contribution in [3.63, 3.8) is 0 Å². The van der Waals surface area contributed by atoms with Gasteiger partial charge in [0.25, 0.3) is 0 Å². The van der Waals surface area contributed by atoms with E-state index in [0.717, 1.165) is 0 Å². The summed E-state index contributed by atoms with van der Waals surface area (Å²) in [6, 6.07) is 10.8. The number of allylic oxidation sites excluding steroid dienone is 1. The summed E-state index contributed by atoms with van der Waals surface area (Å²) in [7, 11) is 0. The minimum atomic E-state index is -0.240. The number of hydrogen-bond donors (Lipinski definition) is 0. The first kappa shape index (κ1) is 13.8. The first-order valence-electron chi connectivity index (χ1n) is 8.23. The van der Waals surface area contributed by atoms with E-state index in [0.29, 0.717) is 11.8 Å². The zero-order valence-electron chi connectivity index (χ0n) is 13.3. The highest BCUT2D eigenvalue weighted by Crippen LogP contribution is 2.74. The molecule has 0 amide bonds. The first-order chi connectivity index (χ1) is 10.6. The molecule has 1 aliphatic heterocycles. The molecule has 2 fully saturated rings. The van der Waals surface area contributed by atoms with Crippen molar-refractivity contribution in [3.05, 3.63) is 48.0 Å². The van der Waals surface area contributed by atoms with E-state index in [9.17, 15) is 0 Å². The summed E-state index contributed by atoms with van der Waals surface area (Å²) in [5.41, 5.74) is 0.823. The Hall–Kier alpha value is -1.88. The first-order valence-corrected chi connectivity index (χ1v) is 8.23. The third kappa shape index (κ3) is 1.29. The molecule has 0 unspecified atom stereocenters. The van der Waals surface area contributed by atoms with Crippen molar-refractivity contribution in [3.8, 4) is 12.3 Å². The van der Waals surface area contributed by atoms with Crippen molar-refractivity contribution >= 4 is 0 Å². The lowest BCUT2D eigenvalue weighted by Gasteiger charge is -2.40. The topological polar surface area (TPSA) is 24.7 Å². The van der Waals surface area contributed by atoms with Gasteiger partial charge in [0.05, 0.1) is 0 Å². The highest BCUT2D eigenvalue weighted by molar-refractivity contribution is 5.43. The van der Waals surface area contributed by atoms with Crippen LogP contribution in [0.3, 0.4) is 0 Å². The second-order valence-corrected chi connectivity index (χ2v) is 7.43. The van der Waals surface area contributed by atoms with Crippen LogP contribution >= 0.6 is 0 Å². The number of terminal acetylenes is 1. The van der Waals surface area contributed by atoms with Gasteiger partial charge in [-0.1, -0.05) is 56.5 Å². The maximum absolute atomic E-state index is 5.49. The van der Waals surface area contributed by atoms with E-state index in [1.54, 1.807) is 0 Å². The van der Waals surface area contributed by atoms with Gasteiger partial charge in [0, 0.05) is 5.41 Å². The number of hydrogen-bond acceptors (Lipinski definition) is 2. The molecule has 4 atom stereocenters. The van der Waals surface area contributed by atoms with Crippen LogP contribution in [-0.2, 0) is 5.54 Å². The number of azo groups is 1. The molecule has 2 aliphatic carbocycles. The van der Waals surface area contributed by atoms with Crippen molar-refractivity contribution in [1.82, 2.24) is 0 Å². The lowest BCUT2D eigenvalue weighted by Crippen LogP contribution is -2.45. The molecule has 22 heavy (non-hydrogen) atoms. The van der Waals surface area contributed by atoms with E-state index in [4.69, 9.17) is 16.7 Å². The molecule has 2 bridgehead atoms. The molecule has 4 rings (SSSR count). The van der Waals surface area contributed by atoms with Crippen LogP contribution in [0.15, 0.2) is 52.7 Å². The smallest absolute Gasteiger partial charge is 0.117 e. The molecule has 0 radical (unpaired) electrons. The Kier molecular flexibility index (Phi) is 2.70. The number of nitrogens with zero attached hydrogens (tertiary/aromatic N) is 2. The van der Waals surface area contributed by atoms with Gasteiger partial charge in [-0.05, 0) is 42.4 Å². The molecule has 0 aromatic heterocycles. The van der Waals surface area contributed by atoms with Gasteiger partial charge in [0.15, 0.2) is 0 Å². The lowest BCUT2D eigenvalue weighted by molar-refractivity contribution is 0.164. The summed E-state index contributed by atoms with van der Waals surface area (Å²) in [6.45, 7) is 4.67. The van der Waals surface area contributed by atoms with E-state index in [2.05, 4.69) is 56.2 Å². The predicted molar refractivity (Wildman–Crippen MR) is 88.3 cm³/mol. The van der Waals surface area contributed by atoms with E-state index >= 15 is 0 Å². The molecule has 2 heteroatoms. The summed E-state index contributed by atoms with van der Waals surface area (Å²) in [6.07, 6.45) is 13.2. The second-order valence-electron chi connectivity index (χ2n) is 7.43. The van der Waals surface area contributed by atoms with Crippen LogP contribution in [0.25, 0.3) is 0 Å². The average molecular weight is 290 g/mol. The summed E-state index contributed by atoms with van der Waals surface area (Å²) < 4.78 is 0. The van der Waals surface area contributed by atoms with Gasteiger partial charge in [-0.2, -0.15) is 10.2 Å². The summed E-state index contributed by atoms with van der Waals surface area (Å²) in [5, 5.41) is 9.79. The fraction of sp³-hybridized carbons (Fsp3) is 0.500. The van der Waals surface area contributed by atoms with Gasteiger partial charge in [0.1, 0.15) is 11.1 Å². The summed E-state index contributed by atoms with van der Waals surface area (Å²) in [4.78, 5) is 0. The minimum Gasteiger partial charge on any atom is -0.181 e. The highest BCUT2D eigenvalue weighted by atomic mass is 15.3. The Morgan fingerprint density at radius 2 is 1.86 bits per heavy atom. The molecule has 0 spiro atoms. The quantitative estimate of drug-likeness (QED) is 0.703. The van der Waals surface area contributed by atoms with Gasteiger partial charge in [-0.25, -0.2) is 0 Å². The minimum absolute atomic E-state index is 0.0511. The third-order valence-corrected chi connectivity index (χ3v) is 6.59. The van der Waals surface area contributed by atoms with E-state index in [1.165, 1.54) is 24.8 Å². The van der Waals surface area contributed by atoms with Gasteiger partial charge < -0.3 is 0 Å². The van der Waals surface area contributed by atoms with E-state index < -0.39 is 0 Å². The molecule has 0 saturated heterocycles. The second kappa shape index (κ2) is 4.32. The van der Waals surface area contributed by atoms with Crippen LogP contribution in [0.5, 0.6) is 0 Å². The zero-order chi connectivity index (χ0) is 15.4. The van der Waals surface area contributed by atoms with Crippen molar-refractivity contribution < 1.29 is 0 Å². The summed E-state index contributed by atoms with van der Waals surface area (Å²) in [5.74, 6) is 3.79. The molecule has 0 N–H and O–H groups in total. The average Bonchev–Trinajstić information content (AvgIpc) is 3.14. The van der Waals surface area contributed by atoms with Crippen molar-refractivity contribution in [1.29, 1.82) is 0 Å². The Balaban J connectivity index is 1.96. The van der Waals surface area contributed by atoms with Crippen molar-refractivity contribution in [2.45, 2.75) is 44.2 Å². The molecule has 3 aliphatic rings. The van der Waals surface area contributed by atoms with Crippen LogP contribution in [-0.4, -0.2) is 5.54 Å². The lowest BCUT2D eigenvalue weighted by atomic mass is 9.63. The van der Waals surface area contributed by atoms with Crippen molar-refractivity contribution in [2.75, 3.05) is 0 Å². The Labute approximate surface area is 132 Å². The Morgan fingerprint density at radius 1 is 1.14 bits per heavy atom. The number of rotatable bonds is 2. The predicted octanol–water partition coefficient (Wildman–Crippen LogP) is 4.73. The molecule has 2 saturated carbocycles. The zero-order valence-corrected chi connectivity index (χ0v) is 13.3. The van der Waals surface area contributed by atoms with Gasteiger partial charge in [-0.3, -0.25) is 0 Å². The largest absolute Gasteiger partial charge is 0.181 e. The van der Waals surface area contributed by atoms with Gasteiger partial charge in [-0.15, -0.1) is 6.42 Å². The van der Waals surface area contributed by atoms with E-state index in [-0.39, 0.29) is 16.5 Å². The van der Waals surface area contributed by atoms with Gasteiger partial charge in [0.2, 0.25) is 0 Å². The summed E-state index contributed by atoms with van der Waals surface area (Å²) >= 11 is 0. The van der Waals surface area contributed by atoms with Crippen LogP contribution in [0, 0.1) is 29.6 Å². The highest BCUT2D eigenvalue weighted by Gasteiger charge is 2.76. The fourth-order valence-corrected chi connectivity index (χ4v) is 5.64. The maximum atomic E-state index is 5.49. The molecule has 112 valence electrons. The molecule has 1 aromatic carbocycles. The SMILES string of the molecule is C#C/C=C\[C@@]12N=N[C@@](c3ccccc3)([C@H]3CCC[C@H]31)C2(C)C. The van der Waals surface area contributed by atoms with E-state index in [1.807, 2.05) is 6.08 Å². The normalized spacial score (nSPS) is 41.0. The fourth-order valence-electron chi connectivity index (χ4n) is 5.64. The molecular weight excluding hydrogens is 268 g/mol. The van der Waals surface area contributed by atoms with Crippen LogP contribution in [0.2, 0.25) is 0 Å². The van der Waals surface area contributed by atoms with Crippen LogP contribution in [0.4, 0.5) is 0 Å². The Bertz CT molecular complexity index is 694. The van der Waals surface area contributed by atoms with Crippen molar-refractivity contribution in [2.24, 2.45) is 27.5 Å². The molecule has 2 nitrogen and oxygen atoms in total. The van der Waals surface area contributed by atoms with Crippen LogP contribution in [0.1, 0.15) is 38.7 Å². The number of benzene rings is 1. The third-order valence-electron chi connectivity index (χ3n) is 6.59. The monoisotopic (exact) mass is 290 g/mol. The van der Waals surface area contributed by atoms with Gasteiger partial charge >= 0.3 is 0 Å². The molecular formula is C20H22N2.